The summed E-state index contributed by atoms with van der Waals surface area (Å²) in [7, 11) is 0. The highest BCUT2D eigenvalue weighted by molar-refractivity contribution is 5.46. The topological polar surface area (TPSA) is 15.3 Å². The van der Waals surface area contributed by atoms with Gasteiger partial charge in [0.15, 0.2) is 0 Å². The number of hydrogen-bond donors (Lipinski definition) is 1. The number of para-hydroxylation sites is 1. The second kappa shape index (κ2) is 6.84. The molecule has 4 rings (SSSR count). The predicted octanol–water partition coefficient (Wildman–Crippen LogP) is 4.70. The van der Waals surface area contributed by atoms with Crippen LogP contribution in [-0.2, 0) is 6.54 Å². The van der Waals surface area contributed by atoms with Gasteiger partial charge in [0.25, 0.3) is 0 Å². The summed E-state index contributed by atoms with van der Waals surface area (Å²) in [5.74, 6) is 0.885. The molecule has 1 unspecified atom stereocenters. The first-order valence-electron chi connectivity index (χ1n) is 9.73. The van der Waals surface area contributed by atoms with E-state index in [0.717, 1.165) is 12.5 Å². The van der Waals surface area contributed by atoms with Crippen molar-refractivity contribution in [2.75, 3.05) is 24.5 Å². The van der Waals surface area contributed by atoms with Gasteiger partial charge < -0.3 is 10.2 Å². The van der Waals surface area contributed by atoms with E-state index in [1.807, 2.05) is 0 Å². The van der Waals surface area contributed by atoms with Crippen molar-refractivity contribution in [1.29, 1.82) is 0 Å². The molecular weight excluding hydrogens is 304 g/mol. The lowest BCUT2D eigenvalue weighted by Gasteiger charge is -2.34. The van der Waals surface area contributed by atoms with E-state index in [4.69, 9.17) is 0 Å². The van der Waals surface area contributed by atoms with Crippen LogP contribution in [-0.4, -0.2) is 19.6 Å². The minimum Gasteiger partial charge on any atom is -0.371 e. The molecule has 0 aromatic heterocycles. The van der Waals surface area contributed by atoms with E-state index in [9.17, 15) is 0 Å². The molecule has 0 radical (unpaired) electrons. The van der Waals surface area contributed by atoms with E-state index in [1.54, 1.807) is 0 Å². The minimum absolute atomic E-state index is 0.639. The third kappa shape index (κ3) is 3.59. The van der Waals surface area contributed by atoms with Crippen molar-refractivity contribution in [2.24, 2.45) is 11.3 Å². The summed E-state index contributed by atoms with van der Waals surface area (Å²) < 4.78 is 0. The smallest absolute Gasteiger partial charge is 0.0366 e. The van der Waals surface area contributed by atoms with E-state index >= 15 is 0 Å². The molecule has 1 atom stereocenters. The van der Waals surface area contributed by atoms with Gasteiger partial charge >= 0.3 is 0 Å². The van der Waals surface area contributed by atoms with Gasteiger partial charge in [-0.2, -0.15) is 0 Å². The van der Waals surface area contributed by atoms with Gasteiger partial charge in [0.05, 0.1) is 0 Å². The van der Waals surface area contributed by atoms with Gasteiger partial charge in [-0.3, -0.25) is 0 Å². The Labute approximate surface area is 152 Å². The predicted molar refractivity (Wildman–Crippen MR) is 106 cm³/mol. The van der Waals surface area contributed by atoms with Crippen LogP contribution in [0.4, 0.5) is 5.69 Å². The maximum atomic E-state index is 3.73. The molecule has 1 N–H and O–H groups in total. The monoisotopic (exact) mass is 334 g/mol. The van der Waals surface area contributed by atoms with Crippen LogP contribution >= 0.6 is 0 Å². The summed E-state index contributed by atoms with van der Waals surface area (Å²) >= 11 is 0. The van der Waals surface area contributed by atoms with Crippen LogP contribution in [0, 0.1) is 25.2 Å². The Balaban J connectivity index is 1.25. The number of anilines is 1. The van der Waals surface area contributed by atoms with Gasteiger partial charge in [0.1, 0.15) is 0 Å². The first-order chi connectivity index (χ1) is 12.2. The van der Waals surface area contributed by atoms with E-state index < -0.39 is 0 Å². The zero-order chi connectivity index (χ0) is 17.3. The Bertz CT molecular complexity index is 714. The molecule has 2 heteroatoms. The Morgan fingerprint density at radius 1 is 1.04 bits per heavy atom. The first-order valence-corrected chi connectivity index (χ1v) is 9.73. The van der Waals surface area contributed by atoms with E-state index in [0.29, 0.717) is 5.41 Å². The van der Waals surface area contributed by atoms with Crippen LogP contribution in [0.5, 0.6) is 0 Å². The van der Waals surface area contributed by atoms with Crippen LogP contribution in [0.3, 0.4) is 0 Å². The highest BCUT2D eigenvalue weighted by atomic mass is 15.1. The molecule has 132 valence electrons. The van der Waals surface area contributed by atoms with Crippen molar-refractivity contribution in [3.05, 3.63) is 65.2 Å². The molecule has 2 aromatic carbocycles. The Morgan fingerprint density at radius 3 is 2.56 bits per heavy atom. The van der Waals surface area contributed by atoms with Crippen molar-refractivity contribution < 1.29 is 0 Å². The minimum atomic E-state index is 0.639. The third-order valence-corrected chi connectivity index (χ3v) is 6.45. The summed E-state index contributed by atoms with van der Waals surface area (Å²) in [6.45, 7) is 9.03. The second-order valence-electron chi connectivity index (χ2n) is 8.15. The highest BCUT2D eigenvalue weighted by Crippen LogP contribution is 2.59. The Morgan fingerprint density at radius 2 is 1.80 bits per heavy atom. The van der Waals surface area contributed by atoms with E-state index in [2.05, 4.69) is 72.6 Å². The van der Waals surface area contributed by atoms with Gasteiger partial charge in [0.2, 0.25) is 0 Å². The van der Waals surface area contributed by atoms with Crippen molar-refractivity contribution in [3.8, 4) is 0 Å². The molecule has 1 saturated heterocycles. The average molecular weight is 335 g/mol. The molecule has 1 aliphatic carbocycles. The Kier molecular flexibility index (Phi) is 4.56. The molecule has 1 heterocycles. The number of benzene rings is 2. The SMILES string of the molecule is Cc1ccc(C)c(CNCC2CC23CCN(c2ccccc2)CC3)c1. The average Bonchev–Trinajstić information content (AvgIpc) is 3.31. The standard InChI is InChI=1S/C23H30N2/c1-18-8-9-19(2)20(14-18)16-24-17-21-15-23(21)10-12-25(13-11-23)22-6-4-3-5-7-22/h3-9,14,21,24H,10-13,15-17H2,1-2H3. The largest absolute Gasteiger partial charge is 0.371 e. The molecule has 2 nitrogen and oxygen atoms in total. The van der Waals surface area contributed by atoms with Crippen LogP contribution in [0.1, 0.15) is 36.0 Å². The summed E-state index contributed by atoms with van der Waals surface area (Å²) in [6.07, 6.45) is 4.14. The lowest BCUT2D eigenvalue weighted by atomic mass is 9.90. The first kappa shape index (κ1) is 16.7. The van der Waals surface area contributed by atoms with Gasteiger partial charge in [-0.1, -0.05) is 42.0 Å². The fourth-order valence-electron chi connectivity index (χ4n) is 4.55. The fourth-order valence-corrected chi connectivity index (χ4v) is 4.55. The maximum Gasteiger partial charge on any atom is 0.0366 e. The lowest BCUT2D eigenvalue weighted by molar-refractivity contribution is 0.343. The summed E-state index contributed by atoms with van der Waals surface area (Å²) in [5, 5.41) is 3.73. The molecule has 1 saturated carbocycles. The molecule has 0 bridgehead atoms. The third-order valence-electron chi connectivity index (χ3n) is 6.45. The van der Waals surface area contributed by atoms with Crippen molar-refractivity contribution >= 4 is 5.69 Å². The number of hydrogen-bond acceptors (Lipinski definition) is 2. The van der Waals surface area contributed by atoms with Crippen LogP contribution in [0.15, 0.2) is 48.5 Å². The van der Waals surface area contributed by atoms with Crippen molar-refractivity contribution in [3.63, 3.8) is 0 Å². The highest BCUT2D eigenvalue weighted by Gasteiger charge is 2.54. The number of piperidine rings is 1. The van der Waals surface area contributed by atoms with Gasteiger partial charge in [0, 0.05) is 25.3 Å². The molecule has 1 spiro atoms. The summed E-state index contributed by atoms with van der Waals surface area (Å²) in [5.41, 5.74) is 6.24. The number of rotatable bonds is 5. The van der Waals surface area contributed by atoms with Gasteiger partial charge in [-0.25, -0.2) is 0 Å². The molecule has 25 heavy (non-hydrogen) atoms. The van der Waals surface area contributed by atoms with Gasteiger partial charge in [-0.15, -0.1) is 0 Å². The number of aryl methyl sites for hydroxylation is 2. The maximum absolute atomic E-state index is 3.73. The number of nitrogens with zero attached hydrogens (tertiary/aromatic N) is 1. The van der Waals surface area contributed by atoms with Gasteiger partial charge in [-0.05, 0) is 74.2 Å². The molecule has 0 amide bonds. The lowest BCUT2D eigenvalue weighted by Crippen LogP contribution is -2.36. The van der Waals surface area contributed by atoms with E-state index in [1.165, 1.54) is 61.3 Å². The van der Waals surface area contributed by atoms with Crippen LogP contribution in [0.25, 0.3) is 0 Å². The molecule has 2 fully saturated rings. The Hall–Kier alpha value is -1.80. The quantitative estimate of drug-likeness (QED) is 0.852. The fraction of sp³-hybridized carbons (Fsp3) is 0.478. The van der Waals surface area contributed by atoms with Crippen LogP contribution in [0.2, 0.25) is 0 Å². The molecular formula is C23H30N2. The molecule has 2 aromatic rings. The van der Waals surface area contributed by atoms with Crippen molar-refractivity contribution in [1.82, 2.24) is 5.32 Å². The second-order valence-corrected chi connectivity index (χ2v) is 8.15. The zero-order valence-corrected chi connectivity index (χ0v) is 15.6. The molecule has 2 aliphatic rings. The van der Waals surface area contributed by atoms with E-state index in [-0.39, 0.29) is 0 Å². The van der Waals surface area contributed by atoms with Crippen molar-refractivity contribution in [2.45, 2.75) is 39.7 Å². The molecule has 1 aliphatic heterocycles. The zero-order valence-electron chi connectivity index (χ0n) is 15.6. The number of nitrogens with one attached hydrogen (secondary N) is 1. The normalized spacial score (nSPS) is 21.5. The summed E-state index contributed by atoms with van der Waals surface area (Å²) in [4.78, 5) is 2.56. The van der Waals surface area contributed by atoms with Crippen LogP contribution < -0.4 is 10.2 Å². The summed E-state index contributed by atoms with van der Waals surface area (Å²) in [6, 6.07) is 17.7.